The second-order valence-corrected chi connectivity index (χ2v) is 8.84. The van der Waals surface area contributed by atoms with Gasteiger partial charge in [-0.2, -0.15) is 5.10 Å². The highest BCUT2D eigenvalue weighted by atomic mass is 19.3. The number of benzene rings is 3. The van der Waals surface area contributed by atoms with Crippen molar-refractivity contribution in [2.75, 3.05) is 30.3 Å². The SMILES string of the molecule is O=C(CN1CC(F)(F)C1)Nc1cccc(-c2nc(Nc3ccc4[nH]ncc4c3)c3ccccc3n2)c1. The Kier molecular flexibility index (Phi) is 5.30. The summed E-state index contributed by atoms with van der Waals surface area (Å²) in [5.41, 5.74) is 3.82. The molecule has 0 aliphatic carbocycles. The van der Waals surface area contributed by atoms with Gasteiger partial charge in [0.25, 0.3) is 5.92 Å². The minimum Gasteiger partial charge on any atom is -0.340 e. The molecule has 1 saturated heterocycles. The van der Waals surface area contributed by atoms with Crippen molar-refractivity contribution >= 4 is 44.9 Å². The summed E-state index contributed by atoms with van der Waals surface area (Å²) in [4.78, 5) is 23.3. The van der Waals surface area contributed by atoms with Crippen molar-refractivity contribution in [1.82, 2.24) is 25.1 Å². The summed E-state index contributed by atoms with van der Waals surface area (Å²) < 4.78 is 26.1. The Morgan fingerprint density at radius 2 is 1.86 bits per heavy atom. The molecule has 0 atom stereocenters. The maximum atomic E-state index is 13.0. The van der Waals surface area contributed by atoms with Crippen LogP contribution in [0.4, 0.5) is 26.0 Å². The lowest BCUT2D eigenvalue weighted by atomic mass is 10.1. The van der Waals surface area contributed by atoms with Crippen molar-refractivity contribution in [1.29, 1.82) is 0 Å². The van der Waals surface area contributed by atoms with Crippen LogP contribution in [0, 0.1) is 0 Å². The standard InChI is InChI=1S/C26H21F2N7O/c27-26(28)14-35(15-26)13-23(36)30-18-5-3-4-16(10-18)24-32-22-7-2-1-6-20(22)25(33-24)31-19-8-9-21-17(11-19)12-29-34-21/h1-12H,13-15H2,(H,29,34)(H,30,36)(H,31,32,33). The molecular weight excluding hydrogens is 464 g/mol. The molecular formula is C26H21F2N7O. The average molecular weight is 485 g/mol. The Balaban J connectivity index is 1.28. The Hall–Kier alpha value is -4.44. The lowest BCUT2D eigenvalue weighted by Gasteiger charge is -2.37. The normalized spacial score (nSPS) is 15.1. The second kappa shape index (κ2) is 8.65. The van der Waals surface area contributed by atoms with Crippen molar-refractivity contribution in [3.8, 4) is 11.4 Å². The first-order valence-corrected chi connectivity index (χ1v) is 11.4. The fourth-order valence-corrected chi connectivity index (χ4v) is 4.32. The summed E-state index contributed by atoms with van der Waals surface area (Å²) in [6.45, 7) is -0.870. The highest BCUT2D eigenvalue weighted by molar-refractivity contribution is 5.95. The van der Waals surface area contributed by atoms with Gasteiger partial charge >= 0.3 is 0 Å². The number of anilines is 3. The van der Waals surface area contributed by atoms with Crippen LogP contribution >= 0.6 is 0 Å². The summed E-state index contributed by atoms with van der Waals surface area (Å²) in [5.74, 6) is -1.92. The van der Waals surface area contributed by atoms with E-state index in [1.54, 1.807) is 24.4 Å². The van der Waals surface area contributed by atoms with Gasteiger partial charge in [-0.15, -0.1) is 0 Å². The summed E-state index contributed by atoms with van der Waals surface area (Å²) in [6, 6.07) is 20.8. The molecule has 1 amide bonds. The molecule has 6 rings (SSSR count). The molecule has 1 aliphatic heterocycles. The number of para-hydroxylation sites is 1. The fourth-order valence-electron chi connectivity index (χ4n) is 4.32. The van der Waals surface area contributed by atoms with Crippen LogP contribution in [0.5, 0.6) is 0 Å². The van der Waals surface area contributed by atoms with Crippen LogP contribution in [-0.4, -0.2) is 56.5 Å². The largest absolute Gasteiger partial charge is 0.340 e. The number of aromatic amines is 1. The van der Waals surface area contributed by atoms with Crippen molar-refractivity contribution in [2.45, 2.75) is 5.92 Å². The molecule has 0 bridgehead atoms. The number of likely N-dealkylation sites (tertiary alicyclic amines) is 1. The zero-order chi connectivity index (χ0) is 24.7. The van der Waals surface area contributed by atoms with E-state index in [4.69, 9.17) is 9.97 Å². The van der Waals surface area contributed by atoms with E-state index in [2.05, 4.69) is 20.8 Å². The van der Waals surface area contributed by atoms with Crippen LogP contribution in [0.1, 0.15) is 0 Å². The Labute approximate surface area is 204 Å². The van der Waals surface area contributed by atoms with Gasteiger partial charge in [0.2, 0.25) is 5.91 Å². The number of H-pyrrole nitrogens is 1. The van der Waals surface area contributed by atoms with Gasteiger partial charge in [-0.1, -0.05) is 24.3 Å². The van der Waals surface area contributed by atoms with E-state index >= 15 is 0 Å². The molecule has 180 valence electrons. The van der Waals surface area contributed by atoms with E-state index in [0.717, 1.165) is 27.5 Å². The molecule has 1 aliphatic rings. The van der Waals surface area contributed by atoms with Gasteiger partial charge in [0.1, 0.15) is 5.82 Å². The number of alkyl halides is 2. The van der Waals surface area contributed by atoms with Crippen LogP contribution in [0.15, 0.2) is 72.9 Å². The van der Waals surface area contributed by atoms with Crippen molar-refractivity contribution in [2.24, 2.45) is 0 Å². The number of carbonyl (C=O) groups is 1. The van der Waals surface area contributed by atoms with E-state index in [1.165, 1.54) is 4.90 Å². The summed E-state index contributed by atoms with van der Waals surface area (Å²) in [7, 11) is 0. The lowest BCUT2D eigenvalue weighted by Crippen LogP contribution is -2.57. The monoisotopic (exact) mass is 485 g/mol. The number of carbonyl (C=O) groups excluding carboxylic acids is 1. The van der Waals surface area contributed by atoms with Crippen LogP contribution < -0.4 is 10.6 Å². The number of hydrogen-bond donors (Lipinski definition) is 3. The maximum Gasteiger partial charge on any atom is 0.272 e. The van der Waals surface area contributed by atoms with Crippen LogP contribution in [-0.2, 0) is 4.79 Å². The van der Waals surface area contributed by atoms with Crippen molar-refractivity contribution < 1.29 is 13.6 Å². The lowest BCUT2D eigenvalue weighted by molar-refractivity contribution is -0.141. The number of amides is 1. The minimum atomic E-state index is -2.70. The highest BCUT2D eigenvalue weighted by Crippen LogP contribution is 2.30. The van der Waals surface area contributed by atoms with E-state index < -0.39 is 19.0 Å². The predicted octanol–water partition coefficient (Wildman–Crippen LogP) is 4.81. The number of nitrogens with zero attached hydrogens (tertiary/aromatic N) is 4. The zero-order valence-corrected chi connectivity index (χ0v) is 19.0. The first-order valence-electron chi connectivity index (χ1n) is 11.4. The Bertz CT molecular complexity index is 1590. The molecule has 3 heterocycles. The number of rotatable bonds is 6. The fraction of sp³-hybridized carbons (Fsp3) is 0.154. The summed E-state index contributed by atoms with van der Waals surface area (Å²) in [6.07, 6.45) is 1.76. The maximum absolute atomic E-state index is 13.0. The first kappa shape index (κ1) is 22.1. The highest BCUT2D eigenvalue weighted by Gasteiger charge is 2.44. The minimum absolute atomic E-state index is 0.0820. The molecule has 2 aromatic heterocycles. The van der Waals surface area contributed by atoms with Gasteiger partial charge in [-0.25, -0.2) is 18.7 Å². The van der Waals surface area contributed by atoms with Crippen LogP contribution in [0.2, 0.25) is 0 Å². The quantitative estimate of drug-likeness (QED) is 0.319. The molecule has 0 spiro atoms. The van der Waals surface area contributed by atoms with Gasteiger partial charge in [-0.05, 0) is 42.5 Å². The van der Waals surface area contributed by atoms with Gasteiger partial charge in [0.15, 0.2) is 5.82 Å². The van der Waals surface area contributed by atoms with Gasteiger partial charge in [0.05, 0.1) is 36.9 Å². The van der Waals surface area contributed by atoms with E-state index in [0.29, 0.717) is 22.9 Å². The number of hydrogen-bond acceptors (Lipinski definition) is 6. The summed E-state index contributed by atoms with van der Waals surface area (Å²) >= 11 is 0. The molecule has 0 radical (unpaired) electrons. The van der Waals surface area contributed by atoms with Gasteiger partial charge < -0.3 is 10.6 Å². The molecule has 3 aromatic carbocycles. The summed E-state index contributed by atoms with van der Waals surface area (Å²) in [5, 5.41) is 15.0. The molecule has 5 aromatic rings. The molecule has 0 unspecified atom stereocenters. The Morgan fingerprint density at radius 1 is 1.00 bits per heavy atom. The number of halogens is 2. The molecule has 8 nitrogen and oxygen atoms in total. The number of nitrogens with one attached hydrogen (secondary N) is 3. The molecule has 10 heteroatoms. The van der Waals surface area contributed by atoms with E-state index in [-0.39, 0.29) is 12.5 Å². The average Bonchev–Trinajstić information content (AvgIpc) is 3.31. The third kappa shape index (κ3) is 4.46. The van der Waals surface area contributed by atoms with Gasteiger partial charge in [0, 0.05) is 27.7 Å². The van der Waals surface area contributed by atoms with E-state index in [1.807, 2.05) is 48.5 Å². The zero-order valence-electron chi connectivity index (χ0n) is 19.0. The van der Waals surface area contributed by atoms with Crippen molar-refractivity contribution in [3.05, 3.63) is 72.9 Å². The second-order valence-electron chi connectivity index (χ2n) is 8.84. The van der Waals surface area contributed by atoms with Crippen LogP contribution in [0.3, 0.4) is 0 Å². The van der Waals surface area contributed by atoms with Crippen molar-refractivity contribution in [3.63, 3.8) is 0 Å². The third-order valence-corrected chi connectivity index (χ3v) is 5.99. The smallest absolute Gasteiger partial charge is 0.272 e. The molecule has 3 N–H and O–H groups in total. The topological polar surface area (TPSA) is 98.8 Å². The van der Waals surface area contributed by atoms with Crippen LogP contribution in [0.25, 0.3) is 33.2 Å². The molecule has 1 fully saturated rings. The first-order chi connectivity index (χ1) is 17.4. The van der Waals surface area contributed by atoms with E-state index in [9.17, 15) is 13.6 Å². The molecule has 0 saturated carbocycles. The van der Waals surface area contributed by atoms with Gasteiger partial charge in [-0.3, -0.25) is 14.8 Å². The predicted molar refractivity (Wildman–Crippen MR) is 134 cm³/mol. The number of fused-ring (bicyclic) bond motifs is 2. The Morgan fingerprint density at radius 3 is 2.72 bits per heavy atom. The third-order valence-electron chi connectivity index (χ3n) is 5.99. The number of aromatic nitrogens is 4. The molecule has 36 heavy (non-hydrogen) atoms.